The third kappa shape index (κ3) is 2.54. The number of ether oxygens (including phenoxy) is 2. The number of hydrogen-bond donors (Lipinski definition) is 2. The van der Waals surface area contributed by atoms with Gasteiger partial charge in [-0.25, -0.2) is 9.59 Å². The molecule has 28 heavy (non-hydrogen) atoms. The lowest BCUT2D eigenvalue weighted by Gasteiger charge is -2.60. The van der Waals surface area contributed by atoms with Crippen LogP contribution in [0.3, 0.4) is 0 Å². The van der Waals surface area contributed by atoms with Crippen LogP contribution in [-0.2, 0) is 14.3 Å². The smallest absolute Gasteiger partial charge is 0.338 e. The van der Waals surface area contributed by atoms with E-state index in [0.29, 0.717) is 12.0 Å². The van der Waals surface area contributed by atoms with Gasteiger partial charge in [0.05, 0.1) is 11.1 Å². The fraction of sp³-hybridized carbons (Fsp3) is 0.545. The van der Waals surface area contributed by atoms with Crippen LogP contribution in [0.5, 0.6) is 0 Å². The molecule has 2 aliphatic carbocycles. The van der Waals surface area contributed by atoms with Crippen molar-refractivity contribution in [3.63, 3.8) is 0 Å². The molecule has 0 unspecified atom stereocenters. The summed E-state index contributed by atoms with van der Waals surface area (Å²) in [5, 5.41) is 21.7. The zero-order chi connectivity index (χ0) is 20.2. The van der Waals surface area contributed by atoms with Crippen LogP contribution in [0.1, 0.15) is 43.5 Å². The molecule has 4 rings (SSSR count). The first-order valence-corrected chi connectivity index (χ1v) is 9.74. The summed E-state index contributed by atoms with van der Waals surface area (Å²) in [6.07, 6.45) is 3.00. The average molecular weight is 386 g/mol. The van der Waals surface area contributed by atoms with Crippen LogP contribution in [0.25, 0.3) is 0 Å². The van der Waals surface area contributed by atoms with E-state index in [2.05, 4.69) is 0 Å². The molecule has 0 radical (unpaired) electrons. The van der Waals surface area contributed by atoms with Gasteiger partial charge in [-0.1, -0.05) is 38.5 Å². The fourth-order valence-electron chi connectivity index (χ4n) is 5.64. The van der Waals surface area contributed by atoms with Crippen LogP contribution in [0.4, 0.5) is 0 Å². The molecule has 5 atom stereocenters. The van der Waals surface area contributed by atoms with Gasteiger partial charge in [0.25, 0.3) is 0 Å². The van der Waals surface area contributed by atoms with Crippen molar-refractivity contribution in [3.05, 3.63) is 47.5 Å². The molecule has 2 N–H and O–H groups in total. The van der Waals surface area contributed by atoms with E-state index < -0.39 is 34.5 Å². The second kappa shape index (κ2) is 6.42. The average Bonchev–Trinajstić information content (AvgIpc) is 2.98. The van der Waals surface area contributed by atoms with Gasteiger partial charge in [-0.05, 0) is 36.5 Å². The summed E-state index contributed by atoms with van der Waals surface area (Å²) in [4.78, 5) is 25.1. The zero-order valence-electron chi connectivity index (χ0n) is 16.2. The monoisotopic (exact) mass is 386 g/mol. The minimum Gasteiger partial charge on any atom is -0.459 e. The van der Waals surface area contributed by atoms with E-state index in [-0.39, 0.29) is 24.7 Å². The summed E-state index contributed by atoms with van der Waals surface area (Å²) in [5.74, 6) is -1.42. The maximum absolute atomic E-state index is 12.8. The summed E-state index contributed by atoms with van der Waals surface area (Å²) >= 11 is 0. The first-order chi connectivity index (χ1) is 13.2. The third-order valence-corrected chi connectivity index (χ3v) is 7.18. The number of benzene rings is 1. The Morgan fingerprint density at radius 3 is 2.64 bits per heavy atom. The molecule has 0 amide bonds. The van der Waals surface area contributed by atoms with Crippen LogP contribution >= 0.6 is 0 Å². The standard InChI is InChI=1S/C22H26O6/c1-20(12-23)9-6-10-21(2)17(20)16(11-15-19(25)27-13-22(15,21)26)28-18(24)14-7-4-3-5-8-14/h3-5,7-8,11,16-17,23,26H,6,9-10,12-13H2,1-2H3/t16-,17-,20-,21-,22+/m1/s1. The summed E-state index contributed by atoms with van der Waals surface area (Å²) in [6.45, 7) is 3.67. The highest BCUT2D eigenvalue weighted by molar-refractivity contribution is 5.94. The summed E-state index contributed by atoms with van der Waals surface area (Å²) in [7, 11) is 0. The van der Waals surface area contributed by atoms with Gasteiger partial charge in [0.1, 0.15) is 18.3 Å². The molecule has 0 spiro atoms. The number of aliphatic hydroxyl groups excluding tert-OH is 1. The van der Waals surface area contributed by atoms with Crippen molar-refractivity contribution >= 4 is 11.9 Å². The summed E-state index contributed by atoms with van der Waals surface area (Å²) in [6, 6.07) is 8.67. The highest BCUT2D eigenvalue weighted by atomic mass is 16.6. The third-order valence-electron chi connectivity index (χ3n) is 7.18. The Hall–Kier alpha value is -2.18. The van der Waals surface area contributed by atoms with E-state index >= 15 is 0 Å². The quantitative estimate of drug-likeness (QED) is 0.774. The molecule has 1 heterocycles. The van der Waals surface area contributed by atoms with E-state index in [1.165, 1.54) is 0 Å². The molecule has 6 nitrogen and oxygen atoms in total. The Morgan fingerprint density at radius 1 is 1.25 bits per heavy atom. The lowest BCUT2D eigenvalue weighted by molar-refractivity contribution is -0.185. The van der Waals surface area contributed by atoms with E-state index in [1.807, 2.05) is 19.9 Å². The summed E-state index contributed by atoms with van der Waals surface area (Å²) in [5.41, 5.74) is -2.18. The Kier molecular flexibility index (Phi) is 4.39. The van der Waals surface area contributed by atoms with Crippen molar-refractivity contribution < 1.29 is 29.3 Å². The molecule has 1 aromatic rings. The number of aliphatic hydroxyl groups is 2. The van der Waals surface area contributed by atoms with Crippen molar-refractivity contribution in [2.24, 2.45) is 16.7 Å². The van der Waals surface area contributed by atoms with Crippen molar-refractivity contribution in [1.29, 1.82) is 0 Å². The minimum absolute atomic E-state index is 0.0965. The molecule has 1 aliphatic heterocycles. The zero-order valence-corrected chi connectivity index (χ0v) is 16.2. The highest BCUT2D eigenvalue weighted by Gasteiger charge is 2.68. The van der Waals surface area contributed by atoms with E-state index in [9.17, 15) is 19.8 Å². The normalized spacial score (nSPS) is 39.4. The largest absolute Gasteiger partial charge is 0.459 e. The minimum atomic E-state index is -1.44. The number of cyclic esters (lactones) is 1. The SMILES string of the molecule is C[C@]1(CO)CCC[C@]2(C)[C@@H]1[C@H](OC(=O)c1ccccc1)C=C1C(=O)OC[C@]12O. The maximum Gasteiger partial charge on any atom is 0.338 e. The van der Waals surface area contributed by atoms with Crippen molar-refractivity contribution in [2.45, 2.75) is 44.8 Å². The number of carbonyl (C=O) groups excluding carboxylic acids is 2. The molecule has 1 saturated carbocycles. The Balaban J connectivity index is 1.80. The number of esters is 2. The van der Waals surface area contributed by atoms with Crippen molar-refractivity contribution in [2.75, 3.05) is 13.2 Å². The van der Waals surface area contributed by atoms with Gasteiger partial charge in [-0.15, -0.1) is 0 Å². The van der Waals surface area contributed by atoms with Gasteiger partial charge < -0.3 is 19.7 Å². The van der Waals surface area contributed by atoms with Gasteiger partial charge >= 0.3 is 11.9 Å². The molecular formula is C22H26O6. The van der Waals surface area contributed by atoms with E-state index in [4.69, 9.17) is 9.47 Å². The second-order valence-corrected chi connectivity index (χ2v) is 8.81. The fourth-order valence-corrected chi connectivity index (χ4v) is 5.64. The van der Waals surface area contributed by atoms with Crippen molar-refractivity contribution in [1.82, 2.24) is 0 Å². The van der Waals surface area contributed by atoms with Crippen LogP contribution in [0.2, 0.25) is 0 Å². The Bertz CT molecular complexity index is 833. The predicted molar refractivity (Wildman–Crippen MR) is 100 cm³/mol. The van der Waals surface area contributed by atoms with Crippen LogP contribution in [-0.4, -0.2) is 47.1 Å². The van der Waals surface area contributed by atoms with Gasteiger partial charge in [0.15, 0.2) is 0 Å². The molecule has 6 heteroatoms. The Morgan fingerprint density at radius 2 is 1.96 bits per heavy atom. The Labute approximate surface area is 164 Å². The predicted octanol–water partition coefficient (Wildman–Crippen LogP) is 2.24. The van der Waals surface area contributed by atoms with Gasteiger partial charge in [-0.3, -0.25) is 0 Å². The second-order valence-electron chi connectivity index (χ2n) is 8.81. The molecule has 2 fully saturated rings. The maximum atomic E-state index is 12.8. The first kappa shape index (κ1) is 19.2. The van der Waals surface area contributed by atoms with Crippen LogP contribution < -0.4 is 0 Å². The lowest BCUT2D eigenvalue weighted by Crippen LogP contribution is -2.65. The van der Waals surface area contributed by atoms with Gasteiger partial charge in [0.2, 0.25) is 0 Å². The topological polar surface area (TPSA) is 93.1 Å². The molecule has 0 bridgehead atoms. The number of rotatable bonds is 3. The van der Waals surface area contributed by atoms with Gasteiger partial charge in [0, 0.05) is 17.9 Å². The number of hydrogen-bond acceptors (Lipinski definition) is 6. The molecule has 1 aromatic carbocycles. The van der Waals surface area contributed by atoms with E-state index in [0.717, 1.165) is 12.8 Å². The van der Waals surface area contributed by atoms with Crippen LogP contribution in [0, 0.1) is 16.7 Å². The van der Waals surface area contributed by atoms with E-state index in [1.54, 1.807) is 30.3 Å². The summed E-state index contributed by atoms with van der Waals surface area (Å²) < 4.78 is 11.1. The number of carbonyl (C=O) groups is 2. The van der Waals surface area contributed by atoms with Crippen LogP contribution in [0.15, 0.2) is 42.0 Å². The lowest BCUT2D eigenvalue weighted by atomic mass is 9.46. The molecular weight excluding hydrogens is 360 g/mol. The first-order valence-electron chi connectivity index (χ1n) is 9.74. The number of fused-ring (bicyclic) bond motifs is 3. The molecule has 0 aromatic heterocycles. The van der Waals surface area contributed by atoms with Crippen molar-refractivity contribution in [3.8, 4) is 0 Å². The van der Waals surface area contributed by atoms with Gasteiger partial charge in [-0.2, -0.15) is 0 Å². The molecule has 150 valence electrons. The highest BCUT2D eigenvalue weighted by Crippen LogP contribution is 2.63. The molecule has 3 aliphatic rings. The molecule has 1 saturated heterocycles.